The average Bonchev–Trinajstić information content (AvgIpc) is 2.26. The highest BCUT2D eigenvalue weighted by molar-refractivity contribution is 6.30. The maximum atomic E-state index is 5.81. The van der Waals surface area contributed by atoms with E-state index in [-0.39, 0.29) is 6.04 Å². The summed E-state index contributed by atoms with van der Waals surface area (Å²) in [5.74, 6) is 0. The van der Waals surface area contributed by atoms with Crippen LogP contribution in [0.15, 0.2) is 24.3 Å². The molecule has 0 fully saturated rings. The summed E-state index contributed by atoms with van der Waals surface area (Å²) >= 11 is 5.81. The van der Waals surface area contributed by atoms with E-state index >= 15 is 0 Å². The molecule has 0 aliphatic heterocycles. The molecule has 1 aromatic carbocycles. The molecule has 1 atom stereocenters. The zero-order valence-corrected chi connectivity index (χ0v) is 9.63. The zero-order valence-electron chi connectivity index (χ0n) is 8.87. The molecule has 3 nitrogen and oxygen atoms in total. The SMILES string of the molecule is COCCNC(CN)c1ccc(Cl)cc1. The lowest BCUT2D eigenvalue weighted by atomic mass is 10.1. The lowest BCUT2D eigenvalue weighted by Gasteiger charge is -2.16. The Morgan fingerprint density at radius 1 is 1.40 bits per heavy atom. The average molecular weight is 229 g/mol. The number of nitrogens with two attached hydrogens (primary N) is 1. The van der Waals surface area contributed by atoms with Gasteiger partial charge in [-0.3, -0.25) is 0 Å². The Bertz CT molecular complexity index is 276. The molecule has 4 heteroatoms. The van der Waals surface area contributed by atoms with E-state index in [1.165, 1.54) is 0 Å². The Labute approximate surface area is 95.6 Å². The molecule has 0 radical (unpaired) electrons. The minimum Gasteiger partial charge on any atom is -0.383 e. The number of ether oxygens (including phenoxy) is 1. The number of hydrogen-bond acceptors (Lipinski definition) is 3. The molecule has 0 saturated heterocycles. The van der Waals surface area contributed by atoms with Crippen molar-refractivity contribution in [3.05, 3.63) is 34.9 Å². The van der Waals surface area contributed by atoms with Gasteiger partial charge in [-0.15, -0.1) is 0 Å². The fraction of sp³-hybridized carbons (Fsp3) is 0.455. The number of benzene rings is 1. The number of halogens is 1. The van der Waals surface area contributed by atoms with Crippen LogP contribution >= 0.6 is 11.6 Å². The van der Waals surface area contributed by atoms with Crippen molar-refractivity contribution in [2.75, 3.05) is 26.8 Å². The Morgan fingerprint density at radius 2 is 2.07 bits per heavy atom. The second-order valence-corrected chi connectivity index (χ2v) is 3.72. The van der Waals surface area contributed by atoms with Gasteiger partial charge in [-0.25, -0.2) is 0 Å². The fourth-order valence-electron chi connectivity index (χ4n) is 1.37. The molecule has 0 bridgehead atoms. The molecule has 0 amide bonds. The van der Waals surface area contributed by atoms with Crippen molar-refractivity contribution in [3.8, 4) is 0 Å². The smallest absolute Gasteiger partial charge is 0.0587 e. The lowest BCUT2D eigenvalue weighted by Crippen LogP contribution is -2.30. The molecule has 1 unspecified atom stereocenters. The normalized spacial score (nSPS) is 12.7. The summed E-state index contributed by atoms with van der Waals surface area (Å²) in [4.78, 5) is 0. The van der Waals surface area contributed by atoms with Gasteiger partial charge in [-0.2, -0.15) is 0 Å². The van der Waals surface area contributed by atoms with E-state index in [4.69, 9.17) is 22.1 Å². The van der Waals surface area contributed by atoms with Gasteiger partial charge in [0.2, 0.25) is 0 Å². The van der Waals surface area contributed by atoms with Crippen molar-refractivity contribution in [1.82, 2.24) is 5.32 Å². The van der Waals surface area contributed by atoms with Gasteiger partial charge in [0.25, 0.3) is 0 Å². The van der Waals surface area contributed by atoms with Crippen LogP contribution in [0.3, 0.4) is 0 Å². The fourth-order valence-corrected chi connectivity index (χ4v) is 1.49. The van der Waals surface area contributed by atoms with Gasteiger partial charge in [0.15, 0.2) is 0 Å². The Balaban J connectivity index is 2.53. The van der Waals surface area contributed by atoms with Gasteiger partial charge in [-0.1, -0.05) is 23.7 Å². The maximum absolute atomic E-state index is 5.81. The van der Waals surface area contributed by atoms with E-state index in [2.05, 4.69) is 5.32 Å². The topological polar surface area (TPSA) is 47.3 Å². The van der Waals surface area contributed by atoms with E-state index in [1.54, 1.807) is 7.11 Å². The molecular weight excluding hydrogens is 212 g/mol. The predicted octanol–water partition coefficient (Wildman–Crippen LogP) is 1.58. The molecule has 0 aliphatic rings. The molecule has 3 N–H and O–H groups in total. The highest BCUT2D eigenvalue weighted by Crippen LogP contribution is 2.15. The van der Waals surface area contributed by atoms with Crippen LogP contribution in [0.5, 0.6) is 0 Å². The van der Waals surface area contributed by atoms with Crippen molar-refractivity contribution in [3.63, 3.8) is 0 Å². The first-order valence-electron chi connectivity index (χ1n) is 4.95. The Morgan fingerprint density at radius 3 is 2.60 bits per heavy atom. The number of hydrogen-bond donors (Lipinski definition) is 2. The third-order valence-electron chi connectivity index (χ3n) is 2.20. The molecule has 0 aromatic heterocycles. The van der Waals surface area contributed by atoms with Gasteiger partial charge >= 0.3 is 0 Å². The summed E-state index contributed by atoms with van der Waals surface area (Å²) in [5, 5.41) is 4.06. The molecular formula is C11H17ClN2O. The summed E-state index contributed by atoms with van der Waals surface area (Å²) in [5.41, 5.74) is 6.84. The van der Waals surface area contributed by atoms with E-state index in [0.29, 0.717) is 13.2 Å². The summed E-state index contributed by atoms with van der Waals surface area (Å²) in [6, 6.07) is 7.88. The Kier molecular flexibility index (Phi) is 5.65. The summed E-state index contributed by atoms with van der Waals surface area (Å²) in [6.45, 7) is 2.04. The highest BCUT2D eigenvalue weighted by atomic mass is 35.5. The van der Waals surface area contributed by atoms with Crippen molar-refractivity contribution >= 4 is 11.6 Å². The van der Waals surface area contributed by atoms with E-state index < -0.39 is 0 Å². The molecule has 15 heavy (non-hydrogen) atoms. The van der Waals surface area contributed by atoms with E-state index in [1.807, 2.05) is 24.3 Å². The summed E-state index contributed by atoms with van der Waals surface area (Å²) in [7, 11) is 1.68. The third kappa shape index (κ3) is 4.18. The van der Waals surface area contributed by atoms with Crippen LogP contribution in [0.4, 0.5) is 0 Å². The van der Waals surface area contributed by atoms with Gasteiger partial charge in [-0.05, 0) is 17.7 Å². The summed E-state index contributed by atoms with van der Waals surface area (Å²) < 4.78 is 4.97. The van der Waals surface area contributed by atoms with Gasteiger partial charge in [0.1, 0.15) is 0 Å². The first-order valence-corrected chi connectivity index (χ1v) is 5.33. The van der Waals surface area contributed by atoms with Gasteiger partial charge in [0.05, 0.1) is 6.61 Å². The molecule has 0 aliphatic carbocycles. The molecule has 0 spiro atoms. The second-order valence-electron chi connectivity index (χ2n) is 3.29. The largest absolute Gasteiger partial charge is 0.383 e. The van der Waals surface area contributed by atoms with Crippen LogP contribution in [-0.2, 0) is 4.74 Å². The lowest BCUT2D eigenvalue weighted by molar-refractivity contribution is 0.196. The molecule has 1 aromatic rings. The molecule has 84 valence electrons. The zero-order chi connectivity index (χ0) is 11.1. The van der Waals surface area contributed by atoms with E-state index in [0.717, 1.165) is 17.1 Å². The first-order chi connectivity index (χ1) is 7.27. The maximum Gasteiger partial charge on any atom is 0.0587 e. The molecule has 0 saturated carbocycles. The van der Waals surface area contributed by atoms with Crippen LogP contribution in [-0.4, -0.2) is 26.8 Å². The third-order valence-corrected chi connectivity index (χ3v) is 2.46. The standard InChI is InChI=1S/C11H17ClN2O/c1-15-7-6-14-11(8-13)9-2-4-10(12)5-3-9/h2-5,11,14H,6-8,13H2,1H3. The van der Waals surface area contributed by atoms with Gasteiger partial charge < -0.3 is 15.8 Å². The quantitative estimate of drug-likeness (QED) is 0.727. The van der Waals surface area contributed by atoms with Crippen molar-refractivity contribution in [2.45, 2.75) is 6.04 Å². The van der Waals surface area contributed by atoms with Crippen LogP contribution in [0.1, 0.15) is 11.6 Å². The second kappa shape index (κ2) is 6.80. The van der Waals surface area contributed by atoms with Crippen LogP contribution in [0.25, 0.3) is 0 Å². The minimum atomic E-state index is 0.164. The predicted molar refractivity (Wildman–Crippen MR) is 63.1 cm³/mol. The van der Waals surface area contributed by atoms with Gasteiger partial charge in [0, 0.05) is 31.3 Å². The van der Waals surface area contributed by atoms with E-state index in [9.17, 15) is 0 Å². The molecule has 1 rings (SSSR count). The van der Waals surface area contributed by atoms with Crippen molar-refractivity contribution in [2.24, 2.45) is 5.73 Å². The van der Waals surface area contributed by atoms with Crippen molar-refractivity contribution in [1.29, 1.82) is 0 Å². The first kappa shape index (κ1) is 12.5. The van der Waals surface area contributed by atoms with Crippen LogP contribution < -0.4 is 11.1 Å². The van der Waals surface area contributed by atoms with Crippen molar-refractivity contribution < 1.29 is 4.74 Å². The van der Waals surface area contributed by atoms with Crippen LogP contribution in [0, 0.1) is 0 Å². The number of rotatable bonds is 6. The summed E-state index contributed by atoms with van der Waals surface area (Å²) in [6.07, 6.45) is 0. The highest BCUT2D eigenvalue weighted by Gasteiger charge is 2.07. The van der Waals surface area contributed by atoms with Crippen LogP contribution in [0.2, 0.25) is 5.02 Å². The minimum absolute atomic E-state index is 0.164. The number of nitrogens with one attached hydrogen (secondary N) is 1. The number of methoxy groups -OCH3 is 1. The molecule has 0 heterocycles. The monoisotopic (exact) mass is 228 g/mol. The Hall–Kier alpha value is -0.610.